The molecule has 2 N–H and O–H groups in total. The highest BCUT2D eigenvalue weighted by molar-refractivity contribution is 7.89. The third-order valence-electron chi connectivity index (χ3n) is 7.12. The zero-order valence-electron chi connectivity index (χ0n) is 23.1. The Balaban J connectivity index is 1.39. The third-order valence-corrected chi connectivity index (χ3v) is 8.72. The van der Waals surface area contributed by atoms with Gasteiger partial charge in [-0.2, -0.15) is 4.98 Å². The van der Waals surface area contributed by atoms with Gasteiger partial charge in [-0.1, -0.05) is 32.1 Å². The molecule has 0 bridgehead atoms. The van der Waals surface area contributed by atoms with Gasteiger partial charge in [-0.05, 0) is 68.2 Å². The molecule has 10 nitrogen and oxygen atoms in total. The van der Waals surface area contributed by atoms with Gasteiger partial charge in [0, 0.05) is 50.5 Å². The van der Waals surface area contributed by atoms with Crippen molar-refractivity contribution >= 4 is 56.0 Å². The highest BCUT2D eigenvalue weighted by Crippen LogP contribution is 2.35. The predicted molar refractivity (Wildman–Crippen MR) is 161 cm³/mol. The van der Waals surface area contributed by atoms with Gasteiger partial charge in [0.2, 0.25) is 16.0 Å². The van der Waals surface area contributed by atoms with Crippen LogP contribution in [0.5, 0.6) is 0 Å². The van der Waals surface area contributed by atoms with Crippen molar-refractivity contribution in [1.29, 1.82) is 0 Å². The minimum Gasteiger partial charge on any atom is -0.343 e. The Hall–Kier alpha value is -3.18. The lowest BCUT2D eigenvalue weighted by molar-refractivity contribution is 0.0815. The SMILES string of the molecule is CN(C)C(=O)c1cc2cnc(Nc3ccc(S(=O)(=O)NCCCCCCCN=C=S)cc3)nc2n1C1CCCC1. The van der Waals surface area contributed by atoms with Gasteiger partial charge in [0.25, 0.3) is 5.91 Å². The second-order valence-electron chi connectivity index (χ2n) is 10.3. The molecule has 0 aliphatic heterocycles. The van der Waals surface area contributed by atoms with Crippen molar-refractivity contribution in [2.24, 2.45) is 4.99 Å². The molecule has 4 rings (SSSR count). The number of hydrogen-bond acceptors (Lipinski definition) is 8. The summed E-state index contributed by atoms with van der Waals surface area (Å²) in [5.41, 5.74) is 2.01. The van der Waals surface area contributed by atoms with Crippen LogP contribution in [0.4, 0.5) is 11.6 Å². The predicted octanol–water partition coefficient (Wildman–Crippen LogP) is 5.32. The van der Waals surface area contributed by atoms with Gasteiger partial charge < -0.3 is 14.8 Å². The minimum atomic E-state index is -3.59. The van der Waals surface area contributed by atoms with E-state index in [-0.39, 0.29) is 16.8 Å². The van der Waals surface area contributed by atoms with E-state index in [0.29, 0.717) is 30.4 Å². The summed E-state index contributed by atoms with van der Waals surface area (Å²) in [6.45, 7) is 1.10. The van der Waals surface area contributed by atoms with Crippen molar-refractivity contribution < 1.29 is 13.2 Å². The van der Waals surface area contributed by atoms with Crippen LogP contribution < -0.4 is 10.0 Å². The van der Waals surface area contributed by atoms with Gasteiger partial charge in [0.15, 0.2) is 0 Å². The first-order chi connectivity index (χ1) is 19.3. The molecular formula is C28H37N7O3S2. The van der Waals surface area contributed by atoms with Gasteiger partial charge in [0.05, 0.1) is 10.1 Å². The summed E-state index contributed by atoms with van der Waals surface area (Å²) in [6, 6.07) is 8.62. The number of sulfonamides is 1. The zero-order valence-corrected chi connectivity index (χ0v) is 24.7. The number of carbonyl (C=O) groups excluding carboxylic acids is 1. The molecule has 1 aromatic carbocycles. The van der Waals surface area contributed by atoms with Gasteiger partial charge in [-0.3, -0.25) is 4.79 Å². The number of benzene rings is 1. The number of anilines is 2. The Labute approximate surface area is 241 Å². The monoisotopic (exact) mass is 583 g/mol. The van der Waals surface area contributed by atoms with Gasteiger partial charge >= 0.3 is 0 Å². The lowest BCUT2D eigenvalue weighted by atomic mass is 10.1. The molecule has 214 valence electrons. The molecule has 0 atom stereocenters. The summed E-state index contributed by atoms with van der Waals surface area (Å²) in [6.07, 6.45) is 10.8. The molecule has 1 fully saturated rings. The van der Waals surface area contributed by atoms with E-state index in [1.165, 1.54) is 0 Å². The molecule has 1 aliphatic rings. The number of thiocarbonyl (C=S) groups is 1. The number of unbranched alkanes of at least 4 members (excludes halogenated alkanes) is 4. The second kappa shape index (κ2) is 13.9. The average Bonchev–Trinajstić information content (AvgIpc) is 3.59. The normalized spacial score (nSPS) is 13.8. The maximum atomic E-state index is 12.9. The van der Waals surface area contributed by atoms with E-state index in [9.17, 15) is 13.2 Å². The quantitative estimate of drug-likeness (QED) is 0.150. The number of isothiocyanates is 1. The smallest absolute Gasteiger partial charge is 0.270 e. The molecule has 1 saturated carbocycles. The lowest BCUT2D eigenvalue weighted by Crippen LogP contribution is -2.25. The molecule has 3 aromatic rings. The number of fused-ring (bicyclic) bond motifs is 1. The van der Waals surface area contributed by atoms with E-state index < -0.39 is 10.0 Å². The van der Waals surface area contributed by atoms with Crippen LogP contribution in [0, 0.1) is 0 Å². The Morgan fingerprint density at radius 1 is 1.12 bits per heavy atom. The van der Waals surface area contributed by atoms with Crippen LogP contribution in [0.1, 0.15) is 74.3 Å². The Morgan fingerprint density at radius 3 is 2.52 bits per heavy atom. The van der Waals surface area contributed by atoms with Crippen molar-refractivity contribution in [3.05, 3.63) is 42.2 Å². The topological polar surface area (TPSA) is 122 Å². The highest BCUT2D eigenvalue weighted by atomic mass is 32.2. The van der Waals surface area contributed by atoms with E-state index in [2.05, 4.69) is 42.0 Å². The minimum absolute atomic E-state index is 0.0575. The van der Waals surface area contributed by atoms with Crippen molar-refractivity contribution in [3.8, 4) is 0 Å². The number of nitrogens with zero attached hydrogens (tertiary/aromatic N) is 5. The average molecular weight is 584 g/mol. The molecule has 0 saturated heterocycles. The van der Waals surface area contributed by atoms with Crippen LogP contribution in [0.15, 0.2) is 46.4 Å². The summed E-state index contributed by atoms with van der Waals surface area (Å²) < 4.78 is 30.2. The van der Waals surface area contributed by atoms with E-state index in [4.69, 9.17) is 4.98 Å². The molecule has 1 aliphatic carbocycles. The number of carbonyl (C=O) groups is 1. The second-order valence-corrected chi connectivity index (χ2v) is 12.2. The third kappa shape index (κ3) is 7.51. The van der Waals surface area contributed by atoms with Crippen molar-refractivity contribution in [2.45, 2.75) is 68.7 Å². The molecule has 2 heterocycles. The maximum absolute atomic E-state index is 12.9. The number of aromatic nitrogens is 3. The van der Waals surface area contributed by atoms with Crippen molar-refractivity contribution in [3.63, 3.8) is 0 Å². The molecule has 12 heteroatoms. The summed E-state index contributed by atoms with van der Waals surface area (Å²) >= 11 is 4.55. The van der Waals surface area contributed by atoms with Crippen LogP contribution >= 0.6 is 12.2 Å². The fourth-order valence-corrected chi connectivity index (χ4v) is 6.19. The molecule has 0 spiro atoms. The van der Waals surface area contributed by atoms with Crippen LogP contribution in [0.25, 0.3) is 11.0 Å². The lowest BCUT2D eigenvalue weighted by Gasteiger charge is -2.19. The van der Waals surface area contributed by atoms with Crippen LogP contribution in [-0.2, 0) is 10.0 Å². The summed E-state index contributed by atoms with van der Waals surface area (Å²) in [5, 5.41) is 6.35. The maximum Gasteiger partial charge on any atom is 0.270 e. The number of rotatable bonds is 14. The van der Waals surface area contributed by atoms with E-state index >= 15 is 0 Å². The van der Waals surface area contributed by atoms with Crippen molar-refractivity contribution in [2.75, 3.05) is 32.5 Å². The number of nitrogens with one attached hydrogen (secondary N) is 2. The summed E-state index contributed by atoms with van der Waals surface area (Å²) in [4.78, 5) is 27.8. The molecule has 0 radical (unpaired) electrons. The van der Waals surface area contributed by atoms with Gasteiger partial charge in [-0.25, -0.2) is 23.1 Å². The van der Waals surface area contributed by atoms with Crippen LogP contribution in [0.3, 0.4) is 0 Å². The molecule has 0 unspecified atom stereocenters. The molecule has 1 amide bonds. The summed E-state index contributed by atoms with van der Waals surface area (Å²) in [7, 11) is -0.0937. The zero-order chi connectivity index (χ0) is 28.5. The molecule has 40 heavy (non-hydrogen) atoms. The Kier molecular flexibility index (Phi) is 10.4. The first-order valence-electron chi connectivity index (χ1n) is 13.8. The van der Waals surface area contributed by atoms with Crippen molar-refractivity contribution in [1.82, 2.24) is 24.2 Å². The number of hydrogen-bond donors (Lipinski definition) is 2. The van der Waals surface area contributed by atoms with Crippen LogP contribution in [-0.4, -0.2) is 66.1 Å². The largest absolute Gasteiger partial charge is 0.343 e. The number of amides is 1. The van der Waals surface area contributed by atoms with Gasteiger partial charge in [-0.15, -0.1) is 0 Å². The highest BCUT2D eigenvalue weighted by Gasteiger charge is 2.26. The standard InChI is InChI=1S/C28H37N7O3S2/c1-34(2)27(36)25-18-21-19-30-28(33-26(21)35(25)23-10-6-7-11-23)32-22-12-14-24(15-13-22)40(37,38)31-17-9-5-3-4-8-16-29-20-39/h12-15,18-19,23,31H,3-11,16-17H2,1-2H3,(H,30,32,33). The van der Waals surface area contributed by atoms with Crippen LogP contribution in [0.2, 0.25) is 0 Å². The molecule has 2 aromatic heterocycles. The van der Waals surface area contributed by atoms with E-state index in [1.54, 1.807) is 49.5 Å². The summed E-state index contributed by atoms with van der Waals surface area (Å²) in [5.74, 6) is 0.328. The number of aliphatic imine (C=N–C) groups is 1. The molecular weight excluding hydrogens is 546 g/mol. The van der Waals surface area contributed by atoms with E-state index in [1.807, 2.05) is 6.07 Å². The Morgan fingerprint density at radius 2 is 1.82 bits per heavy atom. The fraction of sp³-hybridized carbons (Fsp3) is 0.500. The first-order valence-corrected chi connectivity index (χ1v) is 15.7. The first kappa shape index (κ1) is 29.8. The fourth-order valence-electron chi connectivity index (χ4n) is 5.02. The van der Waals surface area contributed by atoms with Gasteiger partial charge in [0.1, 0.15) is 11.3 Å². The Bertz CT molecular complexity index is 1460. The van der Waals surface area contributed by atoms with E-state index in [0.717, 1.165) is 68.8 Å².